The molecule has 1 aromatic rings. The van der Waals surface area contributed by atoms with Gasteiger partial charge in [0.25, 0.3) is 0 Å². The van der Waals surface area contributed by atoms with Gasteiger partial charge in [0.2, 0.25) is 0 Å². The van der Waals surface area contributed by atoms with Gasteiger partial charge < -0.3 is 9.45 Å². The number of nitrogens with zero attached hydrogens (tertiary/aromatic N) is 1. The van der Waals surface area contributed by atoms with Gasteiger partial charge in [0, 0.05) is 14.1 Å². The van der Waals surface area contributed by atoms with E-state index >= 15 is 0 Å². The summed E-state index contributed by atoms with van der Waals surface area (Å²) in [7, 11) is -1.00. The molecule has 0 unspecified atom stereocenters. The van der Waals surface area contributed by atoms with Gasteiger partial charge in [0.15, 0.2) is 0 Å². The summed E-state index contributed by atoms with van der Waals surface area (Å²) in [4.78, 5) is 1.41. The Hall–Kier alpha value is 0.566. The van der Waals surface area contributed by atoms with Crippen molar-refractivity contribution < 1.29 is 64.4 Å². The third kappa shape index (κ3) is 3.61. The van der Waals surface area contributed by atoms with Crippen LogP contribution >= 0.6 is 0 Å². The van der Waals surface area contributed by atoms with E-state index in [-0.39, 0.29) is 56.3 Å². The summed E-state index contributed by atoms with van der Waals surface area (Å²) in [5.74, 6) is 0. The molecule has 0 atom stereocenters. The molecule has 0 amide bonds. The van der Waals surface area contributed by atoms with E-state index in [0.717, 1.165) is 0 Å². The molecule has 0 saturated carbocycles. The SMILES string of the molecule is CN(C)c1ccccc1S(=O)(=O)[O-].[K+]. The number of anilines is 1. The fourth-order valence-corrected chi connectivity index (χ4v) is 1.79. The number of benzene rings is 1. The molecule has 6 heteroatoms. The van der Waals surface area contributed by atoms with Gasteiger partial charge in [-0.1, -0.05) is 12.1 Å². The first-order chi connectivity index (χ1) is 5.93. The molecule has 0 aromatic heterocycles. The van der Waals surface area contributed by atoms with Crippen LogP contribution in [0.2, 0.25) is 0 Å². The average Bonchev–Trinajstić information content (AvgIpc) is 2.03. The number of hydrogen-bond acceptors (Lipinski definition) is 4. The Morgan fingerprint density at radius 3 is 2.07 bits per heavy atom. The molecule has 0 N–H and O–H groups in total. The predicted octanol–water partition coefficient (Wildman–Crippen LogP) is -2.34. The number of rotatable bonds is 2. The molecule has 0 spiro atoms. The van der Waals surface area contributed by atoms with Gasteiger partial charge in [-0.05, 0) is 12.1 Å². The first-order valence-electron chi connectivity index (χ1n) is 3.65. The van der Waals surface area contributed by atoms with Gasteiger partial charge in [0.1, 0.15) is 10.1 Å². The zero-order valence-corrected chi connectivity index (χ0v) is 12.3. The molecule has 14 heavy (non-hydrogen) atoms. The third-order valence-electron chi connectivity index (χ3n) is 1.62. The van der Waals surface area contributed by atoms with E-state index in [1.165, 1.54) is 12.1 Å². The van der Waals surface area contributed by atoms with Gasteiger partial charge in [-0.25, -0.2) is 8.42 Å². The van der Waals surface area contributed by atoms with Crippen LogP contribution in [0.1, 0.15) is 0 Å². The van der Waals surface area contributed by atoms with Crippen molar-refractivity contribution >= 4 is 15.8 Å². The van der Waals surface area contributed by atoms with E-state index in [1.54, 1.807) is 31.1 Å². The minimum Gasteiger partial charge on any atom is -0.744 e. The van der Waals surface area contributed by atoms with E-state index in [0.29, 0.717) is 5.69 Å². The van der Waals surface area contributed by atoms with Gasteiger partial charge in [-0.3, -0.25) is 0 Å². The van der Waals surface area contributed by atoms with Crippen molar-refractivity contribution in [3.8, 4) is 0 Å². The normalized spacial score (nSPS) is 10.5. The van der Waals surface area contributed by atoms with Crippen molar-refractivity contribution in [3.05, 3.63) is 24.3 Å². The van der Waals surface area contributed by atoms with Crippen LogP contribution < -0.4 is 56.3 Å². The van der Waals surface area contributed by atoms with Crippen molar-refractivity contribution in [3.63, 3.8) is 0 Å². The Kier molecular flexibility index (Phi) is 5.82. The molecule has 0 aliphatic heterocycles. The molecule has 0 saturated heterocycles. The van der Waals surface area contributed by atoms with Crippen LogP contribution in [0.5, 0.6) is 0 Å². The topological polar surface area (TPSA) is 60.4 Å². The molecule has 4 nitrogen and oxygen atoms in total. The van der Waals surface area contributed by atoms with Crippen LogP contribution in [0, 0.1) is 0 Å². The molecule has 0 aliphatic carbocycles. The average molecular weight is 239 g/mol. The Balaban J connectivity index is 0.00000169. The van der Waals surface area contributed by atoms with Crippen molar-refractivity contribution in [2.24, 2.45) is 0 Å². The van der Waals surface area contributed by atoms with Crippen LogP contribution in [0.15, 0.2) is 29.2 Å². The first-order valence-corrected chi connectivity index (χ1v) is 5.06. The van der Waals surface area contributed by atoms with Gasteiger partial charge in [-0.2, -0.15) is 0 Å². The summed E-state index contributed by atoms with van der Waals surface area (Å²) in [5, 5.41) is 0. The Labute approximate surface area is 126 Å². The van der Waals surface area contributed by atoms with Gasteiger partial charge in [0.05, 0.1) is 10.6 Å². The second-order valence-electron chi connectivity index (χ2n) is 2.82. The smallest absolute Gasteiger partial charge is 0.744 e. The maximum absolute atomic E-state index is 10.8. The molecule has 0 radical (unpaired) electrons. The standard InChI is InChI=1S/C8H11NO3S.K/c1-9(2)7-5-3-4-6-8(7)13(10,11)12;/h3-6H,1-2H3,(H,10,11,12);/q;+1/p-1. The number of para-hydroxylation sites is 1. The third-order valence-corrected chi connectivity index (χ3v) is 2.50. The largest absolute Gasteiger partial charge is 1.00 e. The van der Waals surface area contributed by atoms with Crippen LogP contribution in [0.3, 0.4) is 0 Å². The zero-order chi connectivity index (χ0) is 10.1. The van der Waals surface area contributed by atoms with Crippen molar-refractivity contribution in [2.45, 2.75) is 4.90 Å². The van der Waals surface area contributed by atoms with Gasteiger partial charge >= 0.3 is 51.4 Å². The fraction of sp³-hybridized carbons (Fsp3) is 0.250. The molecular formula is C8H10KNO3S. The molecule has 0 aliphatic rings. The predicted molar refractivity (Wildman–Crippen MR) is 48.7 cm³/mol. The summed E-state index contributed by atoms with van der Waals surface area (Å²) >= 11 is 0. The van der Waals surface area contributed by atoms with Crippen LogP contribution in [-0.4, -0.2) is 27.1 Å². The zero-order valence-electron chi connectivity index (χ0n) is 8.39. The van der Waals surface area contributed by atoms with E-state index in [1.807, 2.05) is 0 Å². The molecule has 72 valence electrons. The van der Waals surface area contributed by atoms with Gasteiger partial charge in [-0.15, -0.1) is 0 Å². The van der Waals surface area contributed by atoms with Crippen molar-refractivity contribution in [1.29, 1.82) is 0 Å². The summed E-state index contributed by atoms with van der Waals surface area (Å²) in [6, 6.07) is 6.10. The molecule has 0 bridgehead atoms. The van der Waals surface area contributed by atoms with E-state index in [9.17, 15) is 13.0 Å². The molecule has 0 fully saturated rings. The molecular weight excluding hydrogens is 229 g/mol. The molecule has 0 heterocycles. The minimum atomic E-state index is -4.37. The fourth-order valence-electron chi connectivity index (χ4n) is 1.04. The van der Waals surface area contributed by atoms with Crippen LogP contribution in [-0.2, 0) is 10.1 Å². The maximum atomic E-state index is 10.8. The Morgan fingerprint density at radius 2 is 1.71 bits per heavy atom. The summed E-state index contributed by atoms with van der Waals surface area (Å²) in [6.07, 6.45) is 0. The van der Waals surface area contributed by atoms with E-state index < -0.39 is 10.1 Å². The second kappa shape index (κ2) is 5.60. The van der Waals surface area contributed by atoms with E-state index in [2.05, 4.69) is 0 Å². The second-order valence-corrected chi connectivity index (χ2v) is 4.16. The van der Waals surface area contributed by atoms with Crippen LogP contribution in [0.4, 0.5) is 5.69 Å². The Morgan fingerprint density at radius 1 is 1.21 bits per heavy atom. The van der Waals surface area contributed by atoms with E-state index in [4.69, 9.17) is 0 Å². The Bertz CT molecular complexity index is 403. The quantitative estimate of drug-likeness (QED) is 0.429. The molecule has 1 rings (SSSR count). The van der Waals surface area contributed by atoms with Crippen LogP contribution in [0.25, 0.3) is 0 Å². The van der Waals surface area contributed by atoms with Crippen molar-refractivity contribution in [1.82, 2.24) is 0 Å². The summed E-state index contributed by atoms with van der Waals surface area (Å²) in [5.41, 5.74) is 0.414. The number of hydrogen-bond donors (Lipinski definition) is 0. The molecule has 1 aromatic carbocycles. The van der Waals surface area contributed by atoms with Crippen molar-refractivity contribution in [2.75, 3.05) is 19.0 Å². The minimum absolute atomic E-state index is 0. The summed E-state index contributed by atoms with van der Waals surface area (Å²) in [6.45, 7) is 0. The summed E-state index contributed by atoms with van der Waals surface area (Å²) < 4.78 is 32.3. The monoisotopic (exact) mass is 239 g/mol. The first kappa shape index (κ1) is 14.6. The maximum Gasteiger partial charge on any atom is 1.00 e.